The van der Waals surface area contributed by atoms with Gasteiger partial charge in [-0.15, -0.1) is 0 Å². The Kier molecular flexibility index (Phi) is 4.86. The van der Waals surface area contributed by atoms with Crippen LogP contribution >= 0.6 is 0 Å². The first-order valence-corrected chi connectivity index (χ1v) is 9.42. The van der Waals surface area contributed by atoms with Crippen LogP contribution in [0.15, 0.2) is 97.4 Å². The molecule has 4 aromatic rings. The maximum absolute atomic E-state index is 4.69. The van der Waals surface area contributed by atoms with E-state index in [2.05, 4.69) is 71.2 Å². The quantitative estimate of drug-likeness (QED) is 0.289. The lowest BCUT2D eigenvalue weighted by atomic mass is 9.94. The third-order valence-corrected chi connectivity index (χ3v) is 4.91. The molecule has 2 aromatic heterocycles. The van der Waals surface area contributed by atoms with Crippen molar-refractivity contribution in [1.82, 2.24) is 9.97 Å². The van der Waals surface area contributed by atoms with Crippen molar-refractivity contribution in [2.75, 3.05) is 0 Å². The first-order valence-electron chi connectivity index (χ1n) is 9.42. The monoisotopic (exact) mass is 362 g/mol. The second-order valence-electron chi connectivity index (χ2n) is 6.83. The highest BCUT2D eigenvalue weighted by Crippen LogP contribution is 2.34. The smallest absolute Gasteiger partial charge is 0.0970 e. The zero-order chi connectivity index (χ0) is 19.5. The maximum atomic E-state index is 4.69. The third-order valence-electron chi connectivity index (χ3n) is 4.91. The van der Waals surface area contributed by atoms with Gasteiger partial charge in [0.15, 0.2) is 0 Å². The Balaban J connectivity index is 2.02. The van der Waals surface area contributed by atoms with Crippen molar-refractivity contribution in [3.63, 3.8) is 0 Å². The van der Waals surface area contributed by atoms with E-state index in [0.29, 0.717) is 0 Å². The molecule has 0 aliphatic carbocycles. The fraction of sp³-hybridized carbons (Fsp3) is 0.0769. The summed E-state index contributed by atoms with van der Waals surface area (Å²) in [5.41, 5.74) is 7.46. The molecule has 2 heterocycles. The van der Waals surface area contributed by atoms with Crippen molar-refractivity contribution in [3.8, 4) is 11.1 Å². The summed E-state index contributed by atoms with van der Waals surface area (Å²) < 4.78 is 0. The van der Waals surface area contributed by atoms with Crippen LogP contribution in [-0.4, -0.2) is 9.97 Å². The molecule has 0 atom stereocenters. The molecule has 4 rings (SSSR count). The van der Waals surface area contributed by atoms with Crippen molar-refractivity contribution in [2.24, 2.45) is 0 Å². The zero-order valence-electron chi connectivity index (χ0n) is 16.2. The molecule has 0 radical (unpaired) electrons. The topological polar surface area (TPSA) is 25.8 Å². The SMILES string of the molecule is C=C(C)C(=CC=CC)c1ccnc2c1ccc1c(-c3ccccc3)ccnc12. The minimum Gasteiger partial charge on any atom is -0.254 e. The molecule has 0 spiro atoms. The van der Waals surface area contributed by atoms with Crippen LogP contribution in [-0.2, 0) is 0 Å². The zero-order valence-corrected chi connectivity index (χ0v) is 16.2. The molecule has 0 fully saturated rings. The molecule has 0 unspecified atom stereocenters. The predicted octanol–water partition coefficient (Wildman–Crippen LogP) is 6.99. The van der Waals surface area contributed by atoms with E-state index in [4.69, 9.17) is 0 Å². The van der Waals surface area contributed by atoms with E-state index in [9.17, 15) is 0 Å². The number of pyridine rings is 2. The van der Waals surface area contributed by atoms with Gasteiger partial charge in [0, 0.05) is 23.2 Å². The number of hydrogen-bond donors (Lipinski definition) is 0. The molecular weight excluding hydrogens is 340 g/mol. The van der Waals surface area contributed by atoms with E-state index in [1.54, 1.807) is 0 Å². The van der Waals surface area contributed by atoms with Crippen LogP contribution in [0.2, 0.25) is 0 Å². The summed E-state index contributed by atoms with van der Waals surface area (Å²) in [5, 5.41) is 2.20. The van der Waals surface area contributed by atoms with E-state index in [0.717, 1.165) is 38.5 Å². The van der Waals surface area contributed by atoms with Gasteiger partial charge in [0.2, 0.25) is 0 Å². The third kappa shape index (κ3) is 3.14. The molecule has 0 aliphatic rings. The Morgan fingerprint density at radius 3 is 2.25 bits per heavy atom. The van der Waals surface area contributed by atoms with Crippen molar-refractivity contribution in [3.05, 3.63) is 103 Å². The normalized spacial score (nSPS) is 12.1. The van der Waals surface area contributed by atoms with Crippen LogP contribution in [0.4, 0.5) is 0 Å². The molecule has 0 amide bonds. The Morgan fingerprint density at radius 2 is 1.54 bits per heavy atom. The van der Waals surface area contributed by atoms with Crippen LogP contribution in [0.1, 0.15) is 19.4 Å². The molecule has 28 heavy (non-hydrogen) atoms. The van der Waals surface area contributed by atoms with Gasteiger partial charge in [-0.1, -0.05) is 72.8 Å². The van der Waals surface area contributed by atoms with Gasteiger partial charge in [0.25, 0.3) is 0 Å². The summed E-state index contributed by atoms with van der Waals surface area (Å²) >= 11 is 0. The molecule has 0 bridgehead atoms. The highest BCUT2D eigenvalue weighted by Gasteiger charge is 2.13. The summed E-state index contributed by atoms with van der Waals surface area (Å²) in [6.07, 6.45) is 9.90. The molecule has 136 valence electrons. The maximum Gasteiger partial charge on any atom is 0.0970 e. The molecule has 2 nitrogen and oxygen atoms in total. The van der Waals surface area contributed by atoms with Crippen LogP contribution in [0.3, 0.4) is 0 Å². The lowest BCUT2D eigenvalue weighted by Crippen LogP contribution is -1.93. The fourth-order valence-electron chi connectivity index (χ4n) is 3.59. The van der Waals surface area contributed by atoms with Crippen LogP contribution in [0.5, 0.6) is 0 Å². The lowest BCUT2D eigenvalue weighted by molar-refractivity contribution is 1.36. The fourth-order valence-corrected chi connectivity index (χ4v) is 3.59. The predicted molar refractivity (Wildman–Crippen MR) is 120 cm³/mol. The van der Waals surface area contributed by atoms with Gasteiger partial charge >= 0.3 is 0 Å². The summed E-state index contributed by atoms with van der Waals surface area (Å²) in [6.45, 7) is 8.22. The van der Waals surface area contributed by atoms with E-state index in [1.807, 2.05) is 44.5 Å². The molecule has 0 saturated heterocycles. The number of hydrogen-bond acceptors (Lipinski definition) is 2. The Hall–Kier alpha value is -3.52. The average molecular weight is 362 g/mol. The van der Waals surface area contributed by atoms with E-state index in [-0.39, 0.29) is 0 Å². The summed E-state index contributed by atoms with van der Waals surface area (Å²) in [5.74, 6) is 0. The number of fused-ring (bicyclic) bond motifs is 3. The summed E-state index contributed by atoms with van der Waals surface area (Å²) in [4.78, 5) is 9.37. The largest absolute Gasteiger partial charge is 0.254 e. The molecule has 0 N–H and O–H groups in total. The van der Waals surface area contributed by atoms with Gasteiger partial charge < -0.3 is 0 Å². The molecule has 0 aliphatic heterocycles. The van der Waals surface area contributed by atoms with E-state index in [1.165, 1.54) is 11.1 Å². The minimum absolute atomic E-state index is 0.917. The number of rotatable bonds is 4. The van der Waals surface area contributed by atoms with Gasteiger partial charge in [0.1, 0.15) is 0 Å². The second-order valence-corrected chi connectivity index (χ2v) is 6.83. The van der Waals surface area contributed by atoms with Crippen LogP contribution in [0.25, 0.3) is 38.5 Å². The van der Waals surface area contributed by atoms with Crippen molar-refractivity contribution in [1.29, 1.82) is 0 Å². The van der Waals surface area contributed by atoms with Gasteiger partial charge in [-0.2, -0.15) is 0 Å². The molecular formula is C26H22N2. The first-order chi connectivity index (χ1) is 13.7. The Labute approximate surface area is 165 Å². The molecule has 2 heteroatoms. The number of allylic oxidation sites excluding steroid dienone is 5. The number of benzene rings is 2. The summed E-state index contributed by atoms with van der Waals surface area (Å²) in [7, 11) is 0. The standard InChI is InChI=1S/C26H22N2/c1-4-5-11-20(18(2)3)22-15-17-28-26-24(22)13-12-23-21(14-16-27-25(23)26)19-9-7-6-8-10-19/h4-17H,2H2,1,3H3. The Morgan fingerprint density at radius 1 is 0.857 bits per heavy atom. The highest BCUT2D eigenvalue weighted by molar-refractivity contribution is 6.11. The Bertz CT molecular complexity index is 1230. The van der Waals surface area contributed by atoms with Crippen molar-refractivity contribution in [2.45, 2.75) is 13.8 Å². The van der Waals surface area contributed by atoms with Crippen LogP contribution < -0.4 is 0 Å². The van der Waals surface area contributed by atoms with Crippen molar-refractivity contribution < 1.29 is 0 Å². The van der Waals surface area contributed by atoms with Crippen LogP contribution in [0, 0.1) is 0 Å². The molecule has 2 aromatic carbocycles. The van der Waals surface area contributed by atoms with Crippen molar-refractivity contribution >= 4 is 27.4 Å². The number of aromatic nitrogens is 2. The minimum atomic E-state index is 0.917. The lowest BCUT2D eigenvalue weighted by Gasteiger charge is -2.13. The number of nitrogens with zero attached hydrogens (tertiary/aromatic N) is 2. The molecule has 0 saturated carbocycles. The second kappa shape index (κ2) is 7.61. The summed E-state index contributed by atoms with van der Waals surface area (Å²) in [6, 6.07) is 18.8. The van der Waals surface area contributed by atoms with Gasteiger partial charge in [-0.25, -0.2) is 0 Å². The first kappa shape index (κ1) is 17.9. The van der Waals surface area contributed by atoms with Gasteiger partial charge in [-0.05, 0) is 48.2 Å². The van der Waals surface area contributed by atoms with E-state index >= 15 is 0 Å². The van der Waals surface area contributed by atoms with E-state index < -0.39 is 0 Å². The van der Waals surface area contributed by atoms with Gasteiger partial charge in [0.05, 0.1) is 11.0 Å². The average Bonchev–Trinajstić information content (AvgIpc) is 2.74. The highest BCUT2D eigenvalue weighted by atomic mass is 14.7. The van der Waals surface area contributed by atoms with Gasteiger partial charge in [-0.3, -0.25) is 9.97 Å².